The SMILES string of the molecule is Cc1cc(C)c(C(N)c2cc3c(s2)CCSC3)s1. The number of rotatable bonds is 2. The van der Waals surface area contributed by atoms with E-state index in [4.69, 9.17) is 5.73 Å². The minimum absolute atomic E-state index is 0.0734. The fourth-order valence-electron chi connectivity index (χ4n) is 2.42. The van der Waals surface area contributed by atoms with Gasteiger partial charge in [0.05, 0.1) is 6.04 Å². The Morgan fingerprint density at radius 1 is 1.22 bits per heavy atom. The summed E-state index contributed by atoms with van der Waals surface area (Å²) in [6.45, 7) is 4.33. The Bertz CT molecular complexity index is 544. The molecule has 0 aliphatic carbocycles. The first-order chi connectivity index (χ1) is 8.65. The highest BCUT2D eigenvalue weighted by atomic mass is 32.2. The van der Waals surface area contributed by atoms with Gasteiger partial charge in [-0.05, 0) is 49.3 Å². The third kappa shape index (κ3) is 2.27. The first-order valence-electron chi connectivity index (χ1n) is 6.17. The van der Waals surface area contributed by atoms with Gasteiger partial charge in [-0.3, -0.25) is 0 Å². The molecule has 0 saturated carbocycles. The molecule has 0 amide bonds. The minimum Gasteiger partial charge on any atom is -0.319 e. The summed E-state index contributed by atoms with van der Waals surface area (Å²) in [4.78, 5) is 5.59. The molecule has 0 saturated heterocycles. The van der Waals surface area contributed by atoms with E-state index in [2.05, 4.69) is 26.0 Å². The van der Waals surface area contributed by atoms with Gasteiger partial charge in [-0.15, -0.1) is 22.7 Å². The van der Waals surface area contributed by atoms with Crippen molar-refractivity contribution in [1.82, 2.24) is 0 Å². The molecule has 96 valence electrons. The molecule has 18 heavy (non-hydrogen) atoms. The van der Waals surface area contributed by atoms with Crippen LogP contribution in [-0.2, 0) is 12.2 Å². The Morgan fingerprint density at radius 2 is 2.06 bits per heavy atom. The molecule has 0 radical (unpaired) electrons. The quantitative estimate of drug-likeness (QED) is 0.895. The van der Waals surface area contributed by atoms with Gasteiger partial charge < -0.3 is 5.73 Å². The van der Waals surface area contributed by atoms with Gasteiger partial charge in [0.15, 0.2) is 0 Å². The third-order valence-electron chi connectivity index (χ3n) is 3.32. The number of thiophene rings is 2. The molecule has 2 aromatic rings. The molecule has 2 aromatic heterocycles. The second-order valence-electron chi connectivity index (χ2n) is 4.78. The second-order valence-corrected chi connectivity index (χ2v) is 8.34. The average Bonchev–Trinajstić information content (AvgIpc) is 2.91. The van der Waals surface area contributed by atoms with Gasteiger partial charge in [0.2, 0.25) is 0 Å². The van der Waals surface area contributed by atoms with Gasteiger partial charge in [0.1, 0.15) is 0 Å². The predicted octanol–water partition coefficient (Wildman–Crippen LogP) is 4.26. The second kappa shape index (κ2) is 5.00. The summed E-state index contributed by atoms with van der Waals surface area (Å²) in [5.74, 6) is 2.43. The maximum absolute atomic E-state index is 6.46. The number of hydrogen-bond acceptors (Lipinski definition) is 4. The third-order valence-corrected chi connectivity index (χ3v) is 6.88. The van der Waals surface area contributed by atoms with E-state index in [-0.39, 0.29) is 6.04 Å². The van der Waals surface area contributed by atoms with Crippen molar-refractivity contribution in [2.45, 2.75) is 32.1 Å². The number of hydrogen-bond donors (Lipinski definition) is 1. The van der Waals surface area contributed by atoms with Crippen LogP contribution in [0.2, 0.25) is 0 Å². The summed E-state index contributed by atoms with van der Waals surface area (Å²) in [7, 11) is 0. The van der Waals surface area contributed by atoms with Crippen LogP contribution in [0.1, 0.15) is 36.7 Å². The highest BCUT2D eigenvalue weighted by Crippen LogP contribution is 2.38. The number of nitrogens with two attached hydrogens (primary N) is 1. The first kappa shape index (κ1) is 12.7. The van der Waals surface area contributed by atoms with Crippen molar-refractivity contribution in [3.05, 3.63) is 42.8 Å². The fraction of sp³-hybridized carbons (Fsp3) is 0.429. The van der Waals surface area contributed by atoms with Gasteiger partial charge in [-0.2, -0.15) is 11.8 Å². The Balaban J connectivity index is 1.94. The molecular weight excluding hydrogens is 278 g/mol. The molecule has 1 aliphatic heterocycles. The van der Waals surface area contributed by atoms with Crippen molar-refractivity contribution >= 4 is 34.4 Å². The largest absolute Gasteiger partial charge is 0.319 e. The van der Waals surface area contributed by atoms with Crippen LogP contribution in [0, 0.1) is 13.8 Å². The van der Waals surface area contributed by atoms with E-state index in [1.54, 1.807) is 4.88 Å². The van der Waals surface area contributed by atoms with Crippen LogP contribution in [0.25, 0.3) is 0 Å². The fourth-order valence-corrected chi connectivity index (χ4v) is 5.94. The topological polar surface area (TPSA) is 26.0 Å². The Morgan fingerprint density at radius 3 is 2.72 bits per heavy atom. The van der Waals surface area contributed by atoms with E-state index >= 15 is 0 Å². The molecule has 1 aliphatic rings. The lowest BCUT2D eigenvalue weighted by Gasteiger charge is -2.08. The van der Waals surface area contributed by atoms with E-state index in [1.807, 2.05) is 34.4 Å². The summed E-state index contributed by atoms with van der Waals surface area (Å²) in [6, 6.07) is 4.65. The van der Waals surface area contributed by atoms with Crippen LogP contribution < -0.4 is 5.73 Å². The maximum Gasteiger partial charge on any atom is 0.0742 e. The van der Waals surface area contributed by atoms with Crippen LogP contribution in [-0.4, -0.2) is 5.75 Å². The molecule has 2 N–H and O–H groups in total. The van der Waals surface area contributed by atoms with Crippen LogP contribution >= 0.6 is 34.4 Å². The number of thioether (sulfide) groups is 1. The van der Waals surface area contributed by atoms with E-state index in [1.165, 1.54) is 43.7 Å². The Labute approximate surface area is 120 Å². The smallest absolute Gasteiger partial charge is 0.0742 e. The monoisotopic (exact) mass is 295 g/mol. The van der Waals surface area contributed by atoms with E-state index < -0.39 is 0 Å². The highest BCUT2D eigenvalue weighted by Gasteiger charge is 2.20. The summed E-state index contributed by atoms with van der Waals surface area (Å²) in [5.41, 5.74) is 9.32. The van der Waals surface area contributed by atoms with E-state index in [9.17, 15) is 0 Å². The van der Waals surface area contributed by atoms with Crippen molar-refractivity contribution in [2.24, 2.45) is 5.73 Å². The predicted molar refractivity (Wildman–Crippen MR) is 84.0 cm³/mol. The molecule has 0 spiro atoms. The lowest BCUT2D eigenvalue weighted by atomic mass is 10.1. The average molecular weight is 295 g/mol. The zero-order valence-corrected chi connectivity index (χ0v) is 13.1. The molecule has 1 nitrogen and oxygen atoms in total. The maximum atomic E-state index is 6.46. The molecule has 0 fully saturated rings. The Hall–Kier alpha value is -0.290. The van der Waals surface area contributed by atoms with Crippen molar-refractivity contribution in [3.8, 4) is 0 Å². The summed E-state index contributed by atoms with van der Waals surface area (Å²) < 4.78 is 0. The molecule has 0 bridgehead atoms. The first-order valence-corrected chi connectivity index (χ1v) is 8.95. The molecule has 1 atom stereocenters. The van der Waals surface area contributed by atoms with Crippen molar-refractivity contribution in [2.75, 3.05) is 5.75 Å². The zero-order chi connectivity index (χ0) is 12.7. The lowest BCUT2D eigenvalue weighted by molar-refractivity contribution is 0.907. The van der Waals surface area contributed by atoms with Gasteiger partial charge >= 0.3 is 0 Å². The van der Waals surface area contributed by atoms with Crippen LogP contribution in [0.5, 0.6) is 0 Å². The van der Waals surface area contributed by atoms with Crippen LogP contribution in [0.3, 0.4) is 0 Å². The number of fused-ring (bicyclic) bond motifs is 1. The van der Waals surface area contributed by atoms with Gasteiger partial charge in [-0.1, -0.05) is 0 Å². The molecule has 3 rings (SSSR count). The molecule has 0 aromatic carbocycles. The highest BCUT2D eigenvalue weighted by molar-refractivity contribution is 7.98. The van der Waals surface area contributed by atoms with Crippen LogP contribution in [0.15, 0.2) is 12.1 Å². The van der Waals surface area contributed by atoms with Gasteiger partial charge in [0.25, 0.3) is 0 Å². The summed E-state index contributed by atoms with van der Waals surface area (Å²) in [5, 5.41) is 0. The van der Waals surface area contributed by atoms with Crippen molar-refractivity contribution in [3.63, 3.8) is 0 Å². The molecule has 1 unspecified atom stereocenters. The summed E-state index contributed by atoms with van der Waals surface area (Å²) >= 11 is 5.80. The van der Waals surface area contributed by atoms with Crippen molar-refractivity contribution < 1.29 is 0 Å². The lowest BCUT2D eigenvalue weighted by Crippen LogP contribution is -2.09. The molecule has 3 heterocycles. The Kier molecular flexibility index (Phi) is 3.54. The number of aryl methyl sites for hydroxylation is 3. The van der Waals surface area contributed by atoms with Gasteiger partial charge in [-0.25, -0.2) is 0 Å². The van der Waals surface area contributed by atoms with E-state index in [0.717, 1.165) is 0 Å². The summed E-state index contributed by atoms with van der Waals surface area (Å²) in [6.07, 6.45) is 1.22. The van der Waals surface area contributed by atoms with Crippen molar-refractivity contribution in [1.29, 1.82) is 0 Å². The normalized spacial score (nSPS) is 16.6. The molecule has 4 heteroatoms. The standard InChI is InChI=1S/C14H17NS3/c1-8-5-9(2)17-14(8)13(15)12-6-10-7-16-4-3-11(10)18-12/h5-6,13H,3-4,7,15H2,1-2H3. The van der Waals surface area contributed by atoms with Crippen LogP contribution in [0.4, 0.5) is 0 Å². The van der Waals surface area contributed by atoms with Gasteiger partial charge in [0, 0.05) is 25.3 Å². The minimum atomic E-state index is 0.0734. The molecular formula is C14H17NS3. The zero-order valence-electron chi connectivity index (χ0n) is 10.7. The van der Waals surface area contributed by atoms with E-state index in [0.29, 0.717) is 0 Å².